The number of nitrogens with zero attached hydrogens (tertiary/aromatic N) is 2. The molecule has 0 fully saturated rings. The maximum atomic E-state index is 13.9. The predicted octanol–water partition coefficient (Wildman–Crippen LogP) is 6.55. The zero-order chi connectivity index (χ0) is 26.5. The zero-order valence-corrected chi connectivity index (χ0v) is 21.5. The topological polar surface area (TPSA) is 76.0 Å². The maximum Gasteiger partial charge on any atom is 0.278 e. The lowest BCUT2D eigenvalue weighted by Gasteiger charge is -2.11. The molecule has 0 unspecified atom stereocenters. The number of nitrogens with one attached hydrogen (secondary N) is 2. The molecule has 0 aliphatic carbocycles. The molecule has 0 aliphatic heterocycles. The fourth-order valence-electron chi connectivity index (χ4n) is 4.00. The Balaban J connectivity index is 1.62. The van der Waals surface area contributed by atoms with E-state index in [4.69, 9.17) is 23.8 Å². The van der Waals surface area contributed by atoms with Crippen LogP contribution in [0.15, 0.2) is 115 Å². The van der Waals surface area contributed by atoms with Crippen molar-refractivity contribution in [2.75, 3.05) is 5.32 Å². The summed E-state index contributed by atoms with van der Waals surface area (Å²) in [7, 11) is 0. The van der Waals surface area contributed by atoms with Gasteiger partial charge in [-0.25, -0.2) is 4.68 Å². The van der Waals surface area contributed by atoms with E-state index in [1.165, 1.54) is 0 Å². The largest absolute Gasteiger partial charge is 0.332 e. The van der Waals surface area contributed by atoms with Gasteiger partial charge in [0.2, 0.25) is 0 Å². The van der Waals surface area contributed by atoms with Crippen LogP contribution in [0.25, 0.3) is 16.9 Å². The number of para-hydroxylation sites is 1. The van der Waals surface area contributed by atoms with Crippen molar-refractivity contribution >= 4 is 46.3 Å². The lowest BCUT2D eigenvalue weighted by atomic mass is 9.97. The normalized spacial score (nSPS) is 10.6. The average Bonchev–Trinajstić information content (AvgIpc) is 3.36. The van der Waals surface area contributed by atoms with Crippen molar-refractivity contribution in [2.45, 2.75) is 0 Å². The standard InChI is InChI=1S/C30H21ClN4O2S/c31-22-16-18-23(19-17-22)32-30(38)33-29(37)26-25(28(36)21-12-6-2-7-13-21)27(20-10-4-1-5-11-20)35(34-26)24-14-8-3-9-15-24/h1-19H,(H2,32,33,37,38). The van der Waals surface area contributed by atoms with Gasteiger partial charge in [0.25, 0.3) is 5.91 Å². The molecule has 0 aliphatic rings. The third-order valence-corrected chi connectivity index (χ3v) is 6.20. The number of hydrogen-bond donors (Lipinski definition) is 2. The molecule has 1 amide bonds. The van der Waals surface area contributed by atoms with Crippen molar-refractivity contribution in [3.63, 3.8) is 0 Å². The second-order valence-corrected chi connectivity index (χ2v) is 9.14. The molecule has 0 radical (unpaired) electrons. The van der Waals surface area contributed by atoms with Gasteiger partial charge in [0.05, 0.1) is 16.9 Å². The SMILES string of the molecule is O=C(NC(=S)Nc1ccc(Cl)cc1)c1nn(-c2ccccc2)c(-c2ccccc2)c1C(=O)c1ccccc1. The smallest absolute Gasteiger partial charge is 0.278 e. The summed E-state index contributed by atoms with van der Waals surface area (Å²) in [6, 6.07) is 34.5. The van der Waals surface area contributed by atoms with Crippen LogP contribution >= 0.6 is 23.8 Å². The molecule has 0 spiro atoms. The number of thiocarbonyl (C=S) groups is 1. The first kappa shape index (κ1) is 25.1. The van der Waals surface area contributed by atoms with Gasteiger partial charge in [0.15, 0.2) is 16.6 Å². The van der Waals surface area contributed by atoms with Crippen molar-refractivity contribution < 1.29 is 9.59 Å². The first-order valence-corrected chi connectivity index (χ1v) is 12.5. The van der Waals surface area contributed by atoms with Crippen LogP contribution in [-0.2, 0) is 0 Å². The molecule has 38 heavy (non-hydrogen) atoms. The van der Waals surface area contributed by atoms with Crippen LogP contribution < -0.4 is 10.6 Å². The molecule has 186 valence electrons. The molecule has 0 bridgehead atoms. The van der Waals surface area contributed by atoms with Gasteiger partial charge in [-0.1, -0.05) is 90.5 Å². The monoisotopic (exact) mass is 536 g/mol. The Morgan fingerprint density at radius 3 is 1.97 bits per heavy atom. The van der Waals surface area contributed by atoms with Gasteiger partial charge in [-0.15, -0.1) is 0 Å². The van der Waals surface area contributed by atoms with E-state index >= 15 is 0 Å². The van der Waals surface area contributed by atoms with Gasteiger partial charge in [-0.2, -0.15) is 5.10 Å². The third-order valence-electron chi connectivity index (χ3n) is 5.74. The number of ketones is 1. The van der Waals surface area contributed by atoms with E-state index < -0.39 is 5.91 Å². The highest BCUT2D eigenvalue weighted by Crippen LogP contribution is 2.31. The molecular formula is C30H21ClN4O2S. The Morgan fingerprint density at radius 1 is 0.763 bits per heavy atom. The molecule has 6 nitrogen and oxygen atoms in total. The summed E-state index contributed by atoms with van der Waals surface area (Å²) in [5, 5.41) is 10.9. The number of carbonyl (C=O) groups is 2. The van der Waals surface area contributed by atoms with E-state index in [9.17, 15) is 9.59 Å². The average molecular weight is 537 g/mol. The highest BCUT2D eigenvalue weighted by molar-refractivity contribution is 7.80. The highest BCUT2D eigenvalue weighted by Gasteiger charge is 2.30. The Bertz CT molecular complexity index is 1600. The molecule has 8 heteroatoms. The summed E-state index contributed by atoms with van der Waals surface area (Å²) in [6.07, 6.45) is 0. The lowest BCUT2D eigenvalue weighted by molar-refractivity contribution is 0.0959. The second kappa shape index (κ2) is 11.2. The fraction of sp³-hybridized carbons (Fsp3) is 0. The van der Waals surface area contributed by atoms with Gasteiger partial charge in [0, 0.05) is 21.8 Å². The minimum absolute atomic E-state index is 0.0400. The summed E-state index contributed by atoms with van der Waals surface area (Å²) >= 11 is 11.3. The molecule has 1 aromatic heterocycles. The second-order valence-electron chi connectivity index (χ2n) is 8.30. The van der Waals surface area contributed by atoms with Crippen LogP contribution in [0.2, 0.25) is 5.02 Å². The van der Waals surface area contributed by atoms with Gasteiger partial charge in [0.1, 0.15) is 0 Å². The molecule has 0 saturated heterocycles. The van der Waals surface area contributed by atoms with E-state index in [-0.39, 0.29) is 22.2 Å². The minimum Gasteiger partial charge on any atom is -0.332 e. The summed E-state index contributed by atoms with van der Waals surface area (Å²) in [4.78, 5) is 27.5. The number of anilines is 1. The molecule has 2 N–H and O–H groups in total. The van der Waals surface area contributed by atoms with Crippen molar-refractivity contribution in [1.29, 1.82) is 0 Å². The van der Waals surface area contributed by atoms with E-state index in [1.807, 2.05) is 66.7 Å². The molecule has 5 aromatic rings. The van der Waals surface area contributed by atoms with Crippen molar-refractivity contribution in [2.24, 2.45) is 0 Å². The molecule has 0 atom stereocenters. The van der Waals surface area contributed by atoms with Gasteiger partial charge < -0.3 is 5.32 Å². The number of rotatable bonds is 6. The fourth-order valence-corrected chi connectivity index (χ4v) is 4.34. The lowest BCUT2D eigenvalue weighted by Crippen LogP contribution is -2.35. The first-order chi connectivity index (χ1) is 18.5. The molecule has 1 heterocycles. The van der Waals surface area contributed by atoms with Crippen LogP contribution in [0.5, 0.6) is 0 Å². The Hall–Kier alpha value is -4.59. The van der Waals surface area contributed by atoms with Gasteiger partial charge >= 0.3 is 0 Å². The molecule has 4 aromatic carbocycles. The third kappa shape index (κ3) is 5.39. The number of aromatic nitrogens is 2. The van der Waals surface area contributed by atoms with Gasteiger partial charge in [-0.05, 0) is 48.6 Å². The quantitative estimate of drug-likeness (QED) is 0.190. The van der Waals surface area contributed by atoms with Crippen LogP contribution in [0.1, 0.15) is 26.4 Å². The van der Waals surface area contributed by atoms with E-state index in [1.54, 1.807) is 53.2 Å². The summed E-state index contributed by atoms with van der Waals surface area (Å²) in [5.74, 6) is -0.934. The van der Waals surface area contributed by atoms with Gasteiger partial charge in [-0.3, -0.25) is 14.9 Å². The molecular weight excluding hydrogens is 516 g/mol. The highest BCUT2D eigenvalue weighted by atomic mass is 35.5. The number of halogens is 1. The zero-order valence-electron chi connectivity index (χ0n) is 20.0. The van der Waals surface area contributed by atoms with E-state index in [0.29, 0.717) is 27.7 Å². The summed E-state index contributed by atoms with van der Waals surface area (Å²) in [5.41, 5.74) is 3.18. The van der Waals surface area contributed by atoms with Crippen molar-refractivity contribution in [3.8, 4) is 16.9 Å². The van der Waals surface area contributed by atoms with Crippen LogP contribution in [0, 0.1) is 0 Å². The van der Waals surface area contributed by atoms with Crippen molar-refractivity contribution in [1.82, 2.24) is 15.1 Å². The first-order valence-electron chi connectivity index (χ1n) is 11.7. The van der Waals surface area contributed by atoms with Crippen LogP contribution in [-0.4, -0.2) is 26.6 Å². The minimum atomic E-state index is -0.609. The number of benzene rings is 4. The predicted molar refractivity (Wildman–Crippen MR) is 154 cm³/mol. The number of hydrogen-bond acceptors (Lipinski definition) is 4. The summed E-state index contributed by atoms with van der Waals surface area (Å²) in [6.45, 7) is 0. The Labute approximate surface area is 229 Å². The van der Waals surface area contributed by atoms with Crippen molar-refractivity contribution in [3.05, 3.63) is 137 Å². The Kier molecular flexibility index (Phi) is 7.40. The molecule has 0 saturated carbocycles. The van der Waals surface area contributed by atoms with Crippen LogP contribution in [0.3, 0.4) is 0 Å². The summed E-state index contributed by atoms with van der Waals surface area (Å²) < 4.78 is 1.62. The van der Waals surface area contributed by atoms with Crippen LogP contribution in [0.4, 0.5) is 5.69 Å². The molecule has 5 rings (SSSR count). The number of amides is 1. The van der Waals surface area contributed by atoms with E-state index in [0.717, 1.165) is 5.56 Å². The maximum absolute atomic E-state index is 13.9. The Morgan fingerprint density at radius 2 is 1.34 bits per heavy atom. The number of carbonyl (C=O) groups excluding carboxylic acids is 2. The van der Waals surface area contributed by atoms with E-state index in [2.05, 4.69) is 15.7 Å².